The van der Waals surface area contributed by atoms with Gasteiger partial charge in [-0.1, -0.05) is 11.6 Å². The van der Waals surface area contributed by atoms with Gasteiger partial charge in [-0.3, -0.25) is 9.59 Å². The van der Waals surface area contributed by atoms with Crippen molar-refractivity contribution in [3.63, 3.8) is 0 Å². The van der Waals surface area contributed by atoms with Crippen LogP contribution in [0.15, 0.2) is 36.4 Å². The van der Waals surface area contributed by atoms with Crippen LogP contribution in [0.4, 0.5) is 8.78 Å². The van der Waals surface area contributed by atoms with Crippen LogP contribution in [0, 0.1) is 23.5 Å². The third-order valence-electron chi connectivity index (χ3n) is 7.57. The van der Waals surface area contributed by atoms with Crippen LogP contribution in [0.5, 0.6) is 5.75 Å². The number of rotatable bonds is 6. The molecule has 2 aliphatic heterocycles. The van der Waals surface area contributed by atoms with Crippen LogP contribution in [0.2, 0.25) is 5.02 Å². The van der Waals surface area contributed by atoms with Gasteiger partial charge in [0.05, 0.1) is 17.8 Å². The Kier molecular flexibility index (Phi) is 6.22. The van der Waals surface area contributed by atoms with Crippen molar-refractivity contribution in [2.24, 2.45) is 11.8 Å². The summed E-state index contributed by atoms with van der Waals surface area (Å²) in [6, 6.07) is 7.66. The molecule has 1 saturated heterocycles. The molecule has 2 heterocycles. The third-order valence-corrected chi connectivity index (χ3v) is 9.86. The first kappa shape index (κ1) is 24.3. The monoisotopic (exact) mass is 523 g/mol. The van der Waals surface area contributed by atoms with E-state index in [1.165, 1.54) is 28.6 Å². The molecule has 3 aliphatic rings. The zero-order valence-electron chi connectivity index (χ0n) is 18.8. The molecule has 6 nitrogen and oxygen atoms in total. The summed E-state index contributed by atoms with van der Waals surface area (Å²) in [7, 11) is -3.45. The summed E-state index contributed by atoms with van der Waals surface area (Å²) in [6.45, 7) is 0.877. The maximum atomic E-state index is 15.2. The largest absolute Gasteiger partial charge is 0.490 e. The molecule has 0 radical (unpaired) electrons. The molecule has 0 N–H and O–H groups in total. The fourth-order valence-corrected chi connectivity index (χ4v) is 7.69. The van der Waals surface area contributed by atoms with Crippen molar-refractivity contribution in [1.82, 2.24) is 4.31 Å². The Bertz CT molecular complexity index is 1300. The molecule has 35 heavy (non-hydrogen) atoms. The number of benzene rings is 2. The van der Waals surface area contributed by atoms with E-state index in [4.69, 9.17) is 16.3 Å². The van der Waals surface area contributed by atoms with Gasteiger partial charge in [0.15, 0.2) is 11.6 Å². The van der Waals surface area contributed by atoms with Gasteiger partial charge < -0.3 is 4.74 Å². The van der Waals surface area contributed by atoms with Crippen molar-refractivity contribution in [1.29, 1.82) is 0 Å². The second kappa shape index (κ2) is 8.94. The predicted molar refractivity (Wildman–Crippen MR) is 125 cm³/mol. The van der Waals surface area contributed by atoms with Gasteiger partial charge in [-0.25, -0.2) is 21.5 Å². The topological polar surface area (TPSA) is 80.8 Å². The summed E-state index contributed by atoms with van der Waals surface area (Å²) >= 11 is 5.91. The van der Waals surface area contributed by atoms with Crippen molar-refractivity contribution in [2.75, 3.05) is 25.4 Å². The highest BCUT2D eigenvalue weighted by Crippen LogP contribution is 2.54. The van der Waals surface area contributed by atoms with E-state index in [0.717, 1.165) is 18.6 Å². The molecule has 186 valence electrons. The lowest BCUT2D eigenvalue weighted by molar-refractivity contribution is -0.126. The number of Topliss-reactive ketones (excluding diaryl/α,β-unsaturated/α-hetero) is 2. The van der Waals surface area contributed by atoms with E-state index in [2.05, 4.69) is 0 Å². The number of hydrogen-bond donors (Lipinski definition) is 0. The quantitative estimate of drug-likeness (QED) is 0.420. The van der Waals surface area contributed by atoms with Crippen LogP contribution in [0.25, 0.3) is 0 Å². The van der Waals surface area contributed by atoms with E-state index in [1.807, 2.05) is 0 Å². The number of halogens is 3. The molecule has 2 fully saturated rings. The number of carbonyl (C=O) groups is 2. The number of nitrogens with zero attached hydrogens (tertiary/aromatic N) is 1. The summed E-state index contributed by atoms with van der Waals surface area (Å²) in [5.74, 6) is -4.72. The fraction of sp³-hybridized carbons (Fsp3) is 0.440. The Morgan fingerprint density at radius 1 is 1.09 bits per heavy atom. The summed E-state index contributed by atoms with van der Waals surface area (Å²) in [6.07, 6.45) is 1.36. The van der Waals surface area contributed by atoms with Gasteiger partial charge in [0.1, 0.15) is 5.82 Å². The zero-order valence-corrected chi connectivity index (χ0v) is 20.4. The van der Waals surface area contributed by atoms with Crippen LogP contribution in [0.3, 0.4) is 0 Å². The first-order valence-electron chi connectivity index (χ1n) is 11.6. The highest BCUT2D eigenvalue weighted by molar-refractivity contribution is 7.89. The SMILES string of the molecule is O=C(C(=O)[C@]12CC[C@H](CS(=O)(=O)N3CCC3)C[C@H]1COc1c(F)ccc(F)c12)c1ccc(Cl)cc1. The average Bonchev–Trinajstić information content (AvgIpc) is 2.78. The summed E-state index contributed by atoms with van der Waals surface area (Å²) in [5.41, 5.74) is -1.79. The highest BCUT2D eigenvalue weighted by atomic mass is 35.5. The second-order valence-corrected chi connectivity index (χ2v) is 12.0. The zero-order chi connectivity index (χ0) is 25.0. The van der Waals surface area contributed by atoms with Crippen molar-refractivity contribution in [2.45, 2.75) is 31.1 Å². The van der Waals surface area contributed by atoms with E-state index in [0.29, 0.717) is 18.1 Å². The predicted octanol–water partition coefficient (Wildman–Crippen LogP) is 4.15. The van der Waals surface area contributed by atoms with Gasteiger partial charge in [0, 0.05) is 35.2 Å². The molecular formula is C25H24ClF2NO5S. The normalized spacial score (nSPS) is 26.1. The molecule has 3 atom stereocenters. The van der Waals surface area contributed by atoms with Gasteiger partial charge in [-0.2, -0.15) is 0 Å². The van der Waals surface area contributed by atoms with Crippen LogP contribution in [0.1, 0.15) is 41.6 Å². The molecule has 0 aromatic heterocycles. The minimum Gasteiger partial charge on any atom is -0.490 e. The standard InChI is InChI=1S/C25H24ClF2NO5S/c26-18-4-2-16(3-5-18)22(30)24(31)25-9-8-15(14-35(32,33)29-10-1-11-29)12-17(25)13-34-23-20(28)7-6-19(27)21(23)25/h2-7,15,17H,1,8-14H2/t15-,17-,25+/m0/s1. The Balaban J connectivity index is 1.54. The van der Waals surface area contributed by atoms with Crippen molar-refractivity contribution >= 4 is 33.2 Å². The maximum Gasteiger partial charge on any atom is 0.229 e. The molecule has 1 saturated carbocycles. The highest BCUT2D eigenvalue weighted by Gasteiger charge is 2.57. The van der Waals surface area contributed by atoms with Crippen molar-refractivity contribution in [3.8, 4) is 5.75 Å². The van der Waals surface area contributed by atoms with Crippen LogP contribution >= 0.6 is 11.6 Å². The Morgan fingerprint density at radius 3 is 2.43 bits per heavy atom. The van der Waals surface area contributed by atoms with Gasteiger partial charge in [-0.15, -0.1) is 0 Å². The van der Waals surface area contributed by atoms with Crippen LogP contribution in [-0.4, -0.2) is 49.7 Å². The molecule has 0 amide bonds. The van der Waals surface area contributed by atoms with Gasteiger partial charge in [-0.05, 0) is 68.0 Å². The van der Waals surface area contributed by atoms with E-state index in [9.17, 15) is 22.4 Å². The van der Waals surface area contributed by atoms with Gasteiger partial charge in [0.2, 0.25) is 21.6 Å². The summed E-state index contributed by atoms with van der Waals surface area (Å²) in [4.78, 5) is 27.2. The molecule has 0 spiro atoms. The molecule has 10 heteroatoms. The van der Waals surface area contributed by atoms with E-state index >= 15 is 4.39 Å². The molecule has 2 aromatic rings. The van der Waals surface area contributed by atoms with Crippen molar-refractivity contribution < 1.29 is 31.5 Å². The van der Waals surface area contributed by atoms with Crippen LogP contribution < -0.4 is 4.74 Å². The lowest BCUT2D eigenvalue weighted by atomic mass is 9.56. The first-order valence-corrected chi connectivity index (χ1v) is 13.6. The maximum absolute atomic E-state index is 15.2. The molecule has 1 aliphatic carbocycles. The summed E-state index contributed by atoms with van der Waals surface area (Å²) in [5, 5.41) is 0.387. The Hall–Kier alpha value is -2.36. The number of ether oxygens (including phenoxy) is 1. The summed E-state index contributed by atoms with van der Waals surface area (Å²) < 4.78 is 62.4. The molecule has 5 rings (SSSR count). The fourth-order valence-electron chi connectivity index (χ4n) is 5.64. The molecule has 0 bridgehead atoms. The van der Waals surface area contributed by atoms with E-state index < -0.39 is 44.6 Å². The van der Waals surface area contributed by atoms with Gasteiger partial charge >= 0.3 is 0 Å². The lowest BCUT2D eigenvalue weighted by Crippen LogP contribution is -2.55. The van der Waals surface area contributed by atoms with E-state index in [-0.39, 0.29) is 54.4 Å². The van der Waals surface area contributed by atoms with Crippen LogP contribution in [-0.2, 0) is 20.2 Å². The number of fused-ring (bicyclic) bond motifs is 3. The molecule has 0 unspecified atom stereocenters. The molecule has 2 aromatic carbocycles. The minimum atomic E-state index is -3.45. The number of ketones is 2. The number of sulfonamides is 1. The number of hydrogen-bond acceptors (Lipinski definition) is 5. The first-order chi connectivity index (χ1) is 16.6. The lowest BCUT2D eigenvalue weighted by Gasteiger charge is -2.48. The van der Waals surface area contributed by atoms with Crippen molar-refractivity contribution in [3.05, 3.63) is 64.2 Å². The molecular weight excluding hydrogens is 500 g/mol. The van der Waals surface area contributed by atoms with E-state index in [1.54, 1.807) is 0 Å². The number of carbonyl (C=O) groups excluding carboxylic acids is 2. The average molecular weight is 524 g/mol. The second-order valence-electron chi connectivity index (χ2n) is 9.55. The smallest absolute Gasteiger partial charge is 0.229 e. The van der Waals surface area contributed by atoms with Gasteiger partial charge in [0.25, 0.3) is 0 Å². The Morgan fingerprint density at radius 2 is 1.77 bits per heavy atom. The minimum absolute atomic E-state index is 0.0206. The third kappa shape index (κ3) is 4.07. The Labute approximate surface area is 207 Å².